The van der Waals surface area contributed by atoms with Gasteiger partial charge in [0, 0.05) is 6.54 Å². The van der Waals surface area contributed by atoms with Crippen LogP contribution in [0.3, 0.4) is 0 Å². The first-order chi connectivity index (χ1) is 11.3. The maximum Gasteiger partial charge on any atom is 0.410 e. The van der Waals surface area contributed by atoms with Gasteiger partial charge in [0.05, 0.1) is 24.7 Å². The molecule has 0 radical (unpaired) electrons. The number of rotatable bonds is 2. The first-order valence-corrected chi connectivity index (χ1v) is 7.71. The maximum absolute atomic E-state index is 12.1. The van der Waals surface area contributed by atoms with Gasteiger partial charge in [0.15, 0.2) is 6.04 Å². The molecule has 1 amide bonds. The molecule has 24 heavy (non-hydrogen) atoms. The monoisotopic (exact) mass is 331 g/mol. The van der Waals surface area contributed by atoms with Crippen LogP contribution < -0.4 is 0 Å². The SMILES string of the molecule is CC(C)(C)OC(=O)N1CCN(OC(=O)c2ccccc2)C(C#N)C1. The van der Waals surface area contributed by atoms with Gasteiger partial charge in [0.2, 0.25) is 0 Å². The summed E-state index contributed by atoms with van der Waals surface area (Å²) in [5, 5.41) is 10.6. The Hall–Kier alpha value is -2.59. The third kappa shape index (κ3) is 4.70. The van der Waals surface area contributed by atoms with Crippen molar-refractivity contribution in [1.82, 2.24) is 9.96 Å². The zero-order valence-corrected chi connectivity index (χ0v) is 14.1. The number of amides is 1. The molecular formula is C17H21N3O4. The maximum atomic E-state index is 12.1. The second kappa shape index (κ2) is 7.32. The van der Waals surface area contributed by atoms with Crippen LogP contribution in [0.15, 0.2) is 30.3 Å². The Bertz CT molecular complexity index is 633. The van der Waals surface area contributed by atoms with Crippen molar-refractivity contribution in [3.05, 3.63) is 35.9 Å². The number of carbonyl (C=O) groups is 2. The van der Waals surface area contributed by atoms with Crippen molar-refractivity contribution >= 4 is 12.1 Å². The summed E-state index contributed by atoms with van der Waals surface area (Å²) in [4.78, 5) is 30.9. The number of ether oxygens (including phenoxy) is 1. The normalized spacial score (nSPS) is 18.6. The number of benzene rings is 1. The lowest BCUT2D eigenvalue weighted by Crippen LogP contribution is -2.55. The van der Waals surface area contributed by atoms with E-state index in [9.17, 15) is 14.9 Å². The van der Waals surface area contributed by atoms with Gasteiger partial charge in [0.1, 0.15) is 5.60 Å². The summed E-state index contributed by atoms with van der Waals surface area (Å²) >= 11 is 0. The van der Waals surface area contributed by atoms with E-state index < -0.39 is 23.7 Å². The number of hydrogen-bond acceptors (Lipinski definition) is 6. The first-order valence-electron chi connectivity index (χ1n) is 7.71. The van der Waals surface area contributed by atoms with E-state index in [-0.39, 0.29) is 13.1 Å². The molecule has 1 aromatic rings. The van der Waals surface area contributed by atoms with E-state index in [0.29, 0.717) is 12.1 Å². The molecule has 1 fully saturated rings. The predicted molar refractivity (Wildman–Crippen MR) is 85.8 cm³/mol. The molecule has 1 saturated heterocycles. The van der Waals surface area contributed by atoms with E-state index in [1.54, 1.807) is 51.1 Å². The summed E-state index contributed by atoms with van der Waals surface area (Å²) in [5.74, 6) is -0.526. The highest BCUT2D eigenvalue weighted by molar-refractivity contribution is 5.89. The molecule has 1 heterocycles. The Balaban J connectivity index is 1.97. The fourth-order valence-electron chi connectivity index (χ4n) is 2.21. The van der Waals surface area contributed by atoms with Crippen LogP contribution in [0.5, 0.6) is 0 Å². The van der Waals surface area contributed by atoms with Crippen molar-refractivity contribution in [1.29, 1.82) is 5.26 Å². The Morgan fingerprint density at radius 2 is 1.88 bits per heavy atom. The largest absolute Gasteiger partial charge is 0.444 e. The molecule has 1 aromatic carbocycles. The number of nitriles is 1. The van der Waals surface area contributed by atoms with Gasteiger partial charge in [0.25, 0.3) is 0 Å². The van der Waals surface area contributed by atoms with Crippen LogP contribution in [-0.2, 0) is 9.57 Å². The fraction of sp³-hybridized carbons (Fsp3) is 0.471. The summed E-state index contributed by atoms with van der Waals surface area (Å²) < 4.78 is 5.31. The molecule has 1 aliphatic heterocycles. The van der Waals surface area contributed by atoms with E-state index in [1.165, 1.54) is 9.96 Å². The standard InChI is InChI=1S/C17H21N3O4/c1-17(2,3)23-16(22)19-9-10-20(14(11-18)12-19)24-15(21)13-7-5-4-6-8-13/h4-8,14H,9-10,12H2,1-3H3. The Labute approximate surface area is 141 Å². The number of piperazine rings is 1. The molecule has 2 rings (SSSR count). The van der Waals surface area contributed by atoms with Crippen molar-refractivity contribution in [2.75, 3.05) is 19.6 Å². The van der Waals surface area contributed by atoms with E-state index in [0.717, 1.165) is 0 Å². The van der Waals surface area contributed by atoms with Gasteiger partial charge in [-0.3, -0.25) is 0 Å². The molecule has 1 aliphatic rings. The van der Waals surface area contributed by atoms with E-state index in [2.05, 4.69) is 6.07 Å². The van der Waals surface area contributed by atoms with Crippen molar-refractivity contribution in [2.24, 2.45) is 0 Å². The van der Waals surface area contributed by atoms with Crippen LogP contribution in [0.2, 0.25) is 0 Å². The molecule has 128 valence electrons. The Morgan fingerprint density at radius 3 is 2.46 bits per heavy atom. The van der Waals surface area contributed by atoms with Gasteiger partial charge >= 0.3 is 12.1 Å². The molecule has 7 nitrogen and oxygen atoms in total. The lowest BCUT2D eigenvalue weighted by Gasteiger charge is -2.37. The summed E-state index contributed by atoms with van der Waals surface area (Å²) in [5.41, 5.74) is -0.195. The first kappa shape index (κ1) is 17.8. The van der Waals surface area contributed by atoms with Gasteiger partial charge in [-0.05, 0) is 32.9 Å². The Kier molecular flexibility index (Phi) is 5.42. The van der Waals surface area contributed by atoms with Crippen LogP contribution in [0.25, 0.3) is 0 Å². The quantitative estimate of drug-likeness (QED) is 0.826. The van der Waals surface area contributed by atoms with E-state index >= 15 is 0 Å². The minimum atomic E-state index is -0.737. The molecule has 0 aliphatic carbocycles. The molecule has 7 heteroatoms. The predicted octanol–water partition coefficient (Wildman–Crippen LogP) is 2.20. The third-order valence-corrected chi connectivity index (χ3v) is 3.34. The molecule has 1 unspecified atom stereocenters. The van der Waals surface area contributed by atoms with Crippen molar-refractivity contribution in [3.63, 3.8) is 0 Å². The molecule has 0 spiro atoms. The van der Waals surface area contributed by atoms with Crippen LogP contribution in [-0.4, -0.2) is 53.3 Å². The summed E-state index contributed by atoms with van der Waals surface area (Å²) in [6, 6.07) is 9.87. The lowest BCUT2D eigenvalue weighted by atomic mass is 10.2. The second-order valence-electron chi connectivity index (χ2n) is 6.46. The van der Waals surface area contributed by atoms with Crippen molar-refractivity contribution in [2.45, 2.75) is 32.4 Å². The van der Waals surface area contributed by atoms with Gasteiger partial charge in [-0.2, -0.15) is 5.26 Å². The molecule has 0 saturated carbocycles. The van der Waals surface area contributed by atoms with Crippen LogP contribution >= 0.6 is 0 Å². The third-order valence-electron chi connectivity index (χ3n) is 3.34. The van der Waals surface area contributed by atoms with Gasteiger partial charge in [-0.1, -0.05) is 18.2 Å². The van der Waals surface area contributed by atoms with E-state index in [1.807, 2.05) is 0 Å². The summed E-state index contributed by atoms with van der Waals surface area (Å²) in [6.45, 7) is 6.03. The zero-order valence-electron chi connectivity index (χ0n) is 14.1. The minimum absolute atomic E-state index is 0.119. The Morgan fingerprint density at radius 1 is 1.21 bits per heavy atom. The highest BCUT2D eigenvalue weighted by Crippen LogP contribution is 2.16. The second-order valence-corrected chi connectivity index (χ2v) is 6.46. The zero-order chi connectivity index (χ0) is 17.7. The van der Waals surface area contributed by atoms with Crippen molar-refractivity contribution < 1.29 is 19.2 Å². The average Bonchev–Trinajstić information content (AvgIpc) is 2.54. The number of carbonyl (C=O) groups excluding carboxylic acids is 2. The topological polar surface area (TPSA) is 82.9 Å². The summed E-state index contributed by atoms with van der Waals surface area (Å²) in [6.07, 6.45) is -0.475. The fourth-order valence-corrected chi connectivity index (χ4v) is 2.21. The highest BCUT2D eigenvalue weighted by atomic mass is 16.7. The average molecular weight is 331 g/mol. The highest BCUT2D eigenvalue weighted by Gasteiger charge is 2.34. The van der Waals surface area contributed by atoms with E-state index in [4.69, 9.17) is 9.57 Å². The van der Waals surface area contributed by atoms with Crippen LogP contribution in [0.1, 0.15) is 31.1 Å². The number of hydroxylamine groups is 2. The van der Waals surface area contributed by atoms with Crippen molar-refractivity contribution in [3.8, 4) is 6.07 Å². The van der Waals surface area contributed by atoms with Crippen LogP contribution in [0, 0.1) is 11.3 Å². The molecular weight excluding hydrogens is 310 g/mol. The van der Waals surface area contributed by atoms with Gasteiger partial charge in [-0.25, -0.2) is 9.59 Å². The molecule has 0 N–H and O–H groups in total. The lowest BCUT2D eigenvalue weighted by molar-refractivity contribution is -0.146. The van der Waals surface area contributed by atoms with Crippen LogP contribution in [0.4, 0.5) is 4.79 Å². The number of nitrogens with zero attached hydrogens (tertiary/aromatic N) is 3. The molecule has 0 aromatic heterocycles. The number of hydrogen-bond donors (Lipinski definition) is 0. The molecule has 1 atom stereocenters. The summed E-state index contributed by atoms with van der Waals surface area (Å²) in [7, 11) is 0. The minimum Gasteiger partial charge on any atom is -0.444 e. The van der Waals surface area contributed by atoms with Gasteiger partial charge in [-0.15, -0.1) is 5.06 Å². The smallest absolute Gasteiger partial charge is 0.410 e. The van der Waals surface area contributed by atoms with Gasteiger partial charge < -0.3 is 14.5 Å². The molecule has 0 bridgehead atoms.